The molecule has 3 atom stereocenters. The lowest BCUT2D eigenvalue weighted by Gasteiger charge is -2.36. The van der Waals surface area contributed by atoms with E-state index in [2.05, 4.69) is 4.90 Å². The fourth-order valence-electron chi connectivity index (χ4n) is 2.51. The Hall–Kier alpha value is -0.880. The molecule has 0 aromatic heterocycles. The van der Waals surface area contributed by atoms with Crippen LogP contribution in [0.3, 0.4) is 0 Å². The van der Waals surface area contributed by atoms with Crippen molar-refractivity contribution < 1.29 is 19.0 Å². The van der Waals surface area contributed by atoms with E-state index in [1.807, 2.05) is 13.8 Å². The summed E-state index contributed by atoms with van der Waals surface area (Å²) in [4.78, 5) is 2.18. The maximum Gasteiger partial charge on any atom is 0.123 e. The number of hydrogen-bond donors (Lipinski definition) is 1. The summed E-state index contributed by atoms with van der Waals surface area (Å²) >= 11 is 0. The average molecular weight is 320 g/mol. The number of hydrogen-bond acceptors (Lipinski definition) is 4. The van der Waals surface area contributed by atoms with Gasteiger partial charge in [0.15, 0.2) is 0 Å². The van der Waals surface area contributed by atoms with E-state index in [0.29, 0.717) is 12.3 Å². The van der Waals surface area contributed by atoms with Crippen LogP contribution in [0.25, 0.3) is 0 Å². The minimum Gasteiger partial charge on any atom is -0.491 e. The Kier molecular flexibility index (Phi) is 7.39. The van der Waals surface area contributed by atoms with E-state index < -0.39 is 6.10 Å². The first-order chi connectivity index (χ1) is 9.52. The molecule has 1 aliphatic rings. The second-order valence-corrected chi connectivity index (χ2v) is 5.39. The van der Waals surface area contributed by atoms with Crippen LogP contribution in [0, 0.1) is 5.82 Å². The van der Waals surface area contributed by atoms with Gasteiger partial charge in [-0.15, -0.1) is 12.4 Å². The molecular formula is C15H23ClFNO3. The van der Waals surface area contributed by atoms with Crippen molar-refractivity contribution in [3.8, 4) is 5.75 Å². The third-order valence-corrected chi connectivity index (χ3v) is 3.22. The van der Waals surface area contributed by atoms with Crippen LogP contribution in [0.4, 0.5) is 4.39 Å². The van der Waals surface area contributed by atoms with Crippen LogP contribution < -0.4 is 4.74 Å². The van der Waals surface area contributed by atoms with Crippen molar-refractivity contribution in [2.45, 2.75) is 32.2 Å². The Bertz CT molecular complexity index is 408. The Balaban J connectivity index is 0.00000220. The SMILES string of the molecule is CC1CN(CC(O)COc2ccc(F)cc2)CC(C)O1.Cl. The standard InChI is InChI=1S/C15H22FNO3.ClH/c1-11-7-17(8-12(2)20-11)9-14(18)10-19-15-5-3-13(16)4-6-15;/h3-6,11-12,14,18H,7-10H2,1-2H3;1H. The van der Waals surface area contributed by atoms with Crippen LogP contribution in [0.1, 0.15) is 13.8 Å². The lowest BCUT2D eigenvalue weighted by atomic mass is 10.2. The van der Waals surface area contributed by atoms with Gasteiger partial charge in [-0.25, -0.2) is 4.39 Å². The van der Waals surface area contributed by atoms with Crippen LogP contribution in [0.15, 0.2) is 24.3 Å². The van der Waals surface area contributed by atoms with Gasteiger partial charge in [-0.05, 0) is 38.1 Å². The zero-order valence-electron chi connectivity index (χ0n) is 12.4. The first kappa shape index (κ1) is 18.2. The molecule has 1 aromatic rings. The van der Waals surface area contributed by atoms with Gasteiger partial charge in [0.05, 0.1) is 12.2 Å². The molecule has 120 valence electrons. The number of ether oxygens (including phenoxy) is 2. The van der Waals surface area contributed by atoms with Crippen LogP contribution >= 0.6 is 12.4 Å². The molecule has 3 unspecified atom stereocenters. The fraction of sp³-hybridized carbons (Fsp3) is 0.600. The average Bonchev–Trinajstić information content (AvgIpc) is 2.37. The van der Waals surface area contributed by atoms with Gasteiger partial charge in [-0.1, -0.05) is 0 Å². The van der Waals surface area contributed by atoms with Gasteiger partial charge in [-0.3, -0.25) is 4.90 Å². The van der Waals surface area contributed by atoms with Gasteiger partial charge >= 0.3 is 0 Å². The predicted molar refractivity (Wildman–Crippen MR) is 81.6 cm³/mol. The molecule has 4 nitrogen and oxygen atoms in total. The Morgan fingerprint density at radius 3 is 2.43 bits per heavy atom. The first-order valence-electron chi connectivity index (χ1n) is 6.97. The molecular weight excluding hydrogens is 297 g/mol. The van der Waals surface area contributed by atoms with Crippen LogP contribution in [-0.4, -0.2) is 54.6 Å². The van der Waals surface area contributed by atoms with Crippen LogP contribution in [-0.2, 0) is 4.74 Å². The molecule has 1 N–H and O–H groups in total. The first-order valence-corrected chi connectivity index (χ1v) is 6.97. The quantitative estimate of drug-likeness (QED) is 0.902. The molecule has 1 aromatic carbocycles. The molecule has 0 radical (unpaired) electrons. The number of benzene rings is 1. The maximum absolute atomic E-state index is 12.7. The van der Waals surface area contributed by atoms with Crippen molar-refractivity contribution >= 4 is 12.4 Å². The molecule has 0 spiro atoms. The Morgan fingerprint density at radius 2 is 1.86 bits per heavy atom. The minimum atomic E-state index is -0.572. The molecule has 1 aliphatic heterocycles. The number of morpholine rings is 1. The molecule has 0 bridgehead atoms. The van der Waals surface area contributed by atoms with Crippen molar-refractivity contribution in [3.63, 3.8) is 0 Å². The third-order valence-electron chi connectivity index (χ3n) is 3.22. The van der Waals surface area contributed by atoms with Crippen molar-refractivity contribution in [2.75, 3.05) is 26.2 Å². The molecule has 0 saturated carbocycles. The highest BCUT2D eigenvalue weighted by molar-refractivity contribution is 5.85. The van der Waals surface area contributed by atoms with Gasteiger partial charge in [0.1, 0.15) is 24.3 Å². The van der Waals surface area contributed by atoms with Gasteiger partial charge < -0.3 is 14.6 Å². The highest BCUT2D eigenvalue weighted by Crippen LogP contribution is 2.13. The van der Waals surface area contributed by atoms with Crippen molar-refractivity contribution in [2.24, 2.45) is 0 Å². The summed E-state index contributed by atoms with van der Waals surface area (Å²) in [7, 11) is 0. The number of halogens is 2. The summed E-state index contributed by atoms with van der Waals surface area (Å²) in [6.07, 6.45) is -0.203. The summed E-state index contributed by atoms with van der Waals surface area (Å²) < 4.78 is 23.8. The molecule has 6 heteroatoms. The number of aliphatic hydroxyl groups is 1. The minimum absolute atomic E-state index is 0. The van der Waals surface area contributed by atoms with E-state index in [4.69, 9.17) is 9.47 Å². The smallest absolute Gasteiger partial charge is 0.123 e. The van der Waals surface area contributed by atoms with Crippen LogP contribution in [0.5, 0.6) is 5.75 Å². The van der Waals surface area contributed by atoms with E-state index >= 15 is 0 Å². The molecule has 21 heavy (non-hydrogen) atoms. The number of nitrogens with zero attached hydrogens (tertiary/aromatic N) is 1. The largest absolute Gasteiger partial charge is 0.491 e. The van der Waals surface area contributed by atoms with Crippen molar-refractivity contribution in [3.05, 3.63) is 30.1 Å². The summed E-state index contributed by atoms with van der Waals surface area (Å²) in [5.74, 6) is 0.267. The number of rotatable bonds is 5. The van der Waals surface area contributed by atoms with Gasteiger partial charge in [0.2, 0.25) is 0 Å². The highest BCUT2D eigenvalue weighted by atomic mass is 35.5. The monoisotopic (exact) mass is 319 g/mol. The van der Waals surface area contributed by atoms with Gasteiger partial charge in [-0.2, -0.15) is 0 Å². The molecule has 1 fully saturated rings. The lowest BCUT2D eigenvalue weighted by Crippen LogP contribution is -2.48. The maximum atomic E-state index is 12.7. The second kappa shape index (κ2) is 8.54. The van der Waals surface area contributed by atoms with Crippen molar-refractivity contribution in [1.29, 1.82) is 0 Å². The van der Waals surface area contributed by atoms with E-state index in [0.717, 1.165) is 13.1 Å². The summed E-state index contributed by atoms with van der Waals surface area (Å²) in [6, 6.07) is 5.79. The van der Waals surface area contributed by atoms with Crippen molar-refractivity contribution in [1.82, 2.24) is 4.90 Å². The Labute approximate surface area is 131 Å². The fourth-order valence-corrected chi connectivity index (χ4v) is 2.51. The summed E-state index contributed by atoms with van der Waals surface area (Å²) in [6.45, 7) is 6.45. The molecule has 0 amide bonds. The molecule has 1 saturated heterocycles. The number of β-amino-alcohol motifs (C(OH)–C–C–N with tert-alkyl or cyclic N) is 1. The lowest BCUT2D eigenvalue weighted by molar-refractivity contribution is -0.0786. The highest BCUT2D eigenvalue weighted by Gasteiger charge is 2.23. The van der Waals surface area contributed by atoms with Crippen LogP contribution in [0.2, 0.25) is 0 Å². The number of aliphatic hydroxyl groups excluding tert-OH is 1. The molecule has 0 aliphatic carbocycles. The van der Waals surface area contributed by atoms with Gasteiger partial charge in [0.25, 0.3) is 0 Å². The van der Waals surface area contributed by atoms with E-state index in [1.165, 1.54) is 12.1 Å². The zero-order valence-corrected chi connectivity index (χ0v) is 13.2. The molecule has 1 heterocycles. The summed E-state index contributed by atoms with van der Waals surface area (Å²) in [5, 5.41) is 10.0. The zero-order chi connectivity index (χ0) is 14.5. The second-order valence-electron chi connectivity index (χ2n) is 5.39. The van der Waals surface area contributed by atoms with E-state index in [9.17, 15) is 9.50 Å². The summed E-state index contributed by atoms with van der Waals surface area (Å²) in [5.41, 5.74) is 0. The topological polar surface area (TPSA) is 41.9 Å². The predicted octanol–water partition coefficient (Wildman–Crippen LogP) is 2.10. The Morgan fingerprint density at radius 1 is 1.29 bits per heavy atom. The van der Waals surface area contributed by atoms with E-state index in [1.54, 1.807) is 12.1 Å². The third kappa shape index (κ3) is 6.18. The van der Waals surface area contributed by atoms with E-state index in [-0.39, 0.29) is 37.0 Å². The molecule has 2 rings (SSSR count). The van der Waals surface area contributed by atoms with Gasteiger partial charge in [0, 0.05) is 19.6 Å². The normalized spacial score (nSPS) is 24.2.